The van der Waals surface area contributed by atoms with E-state index in [0.717, 1.165) is 24.8 Å². The van der Waals surface area contributed by atoms with Crippen LogP contribution in [0.2, 0.25) is 0 Å². The Morgan fingerprint density at radius 3 is 2.26 bits per heavy atom. The molecule has 3 nitrogen and oxygen atoms in total. The minimum Gasteiger partial charge on any atom is -0.490 e. The van der Waals surface area contributed by atoms with Gasteiger partial charge in [-0.25, -0.2) is 4.39 Å². The molecule has 0 spiro atoms. The predicted octanol–water partition coefficient (Wildman–Crippen LogP) is 5.54. The standard InChI is InChI=1S/C22H26F2O3/c1-3-5-15-6-8-16(9-7-15)17-13-26-22(27-14-17)18-10-11-19(25-12-4-2)21(24)20(18)23/h6-11,17,22H,3-5,12-14H2,1-2H3. The summed E-state index contributed by atoms with van der Waals surface area (Å²) in [5, 5.41) is 0. The van der Waals surface area contributed by atoms with Gasteiger partial charge in [-0.05, 0) is 36.1 Å². The number of hydrogen-bond donors (Lipinski definition) is 0. The fourth-order valence-electron chi connectivity index (χ4n) is 3.17. The number of halogens is 2. The summed E-state index contributed by atoms with van der Waals surface area (Å²) in [6.45, 7) is 5.19. The van der Waals surface area contributed by atoms with Crippen LogP contribution in [0.1, 0.15) is 55.6 Å². The molecule has 1 aliphatic heterocycles. The SMILES string of the molecule is CCCOc1ccc(C2OCC(c3ccc(CCC)cc3)CO2)c(F)c1F. The molecule has 1 heterocycles. The predicted molar refractivity (Wildman–Crippen MR) is 100.0 cm³/mol. The van der Waals surface area contributed by atoms with E-state index in [0.29, 0.717) is 19.8 Å². The first kappa shape index (κ1) is 19.8. The smallest absolute Gasteiger partial charge is 0.201 e. The molecule has 0 radical (unpaired) electrons. The number of rotatable bonds is 7. The van der Waals surface area contributed by atoms with Crippen molar-refractivity contribution in [2.45, 2.75) is 45.3 Å². The van der Waals surface area contributed by atoms with Crippen LogP contribution in [0, 0.1) is 11.6 Å². The highest BCUT2D eigenvalue weighted by Crippen LogP contribution is 2.34. The van der Waals surface area contributed by atoms with E-state index in [1.165, 1.54) is 17.7 Å². The molecule has 2 aromatic rings. The Morgan fingerprint density at radius 1 is 0.926 bits per heavy atom. The van der Waals surface area contributed by atoms with E-state index in [1.54, 1.807) is 0 Å². The minimum absolute atomic E-state index is 0.0630. The van der Waals surface area contributed by atoms with Gasteiger partial charge in [0.2, 0.25) is 5.82 Å². The summed E-state index contributed by atoms with van der Waals surface area (Å²) in [6.07, 6.45) is 1.98. The van der Waals surface area contributed by atoms with Crippen LogP contribution in [0.5, 0.6) is 5.75 Å². The fourth-order valence-corrected chi connectivity index (χ4v) is 3.17. The van der Waals surface area contributed by atoms with Gasteiger partial charge in [-0.1, -0.05) is 44.5 Å². The molecule has 0 N–H and O–H groups in total. The van der Waals surface area contributed by atoms with Gasteiger partial charge < -0.3 is 14.2 Å². The third-order valence-corrected chi connectivity index (χ3v) is 4.68. The minimum atomic E-state index is -0.998. The number of ether oxygens (including phenoxy) is 3. The van der Waals surface area contributed by atoms with Crippen molar-refractivity contribution in [2.75, 3.05) is 19.8 Å². The third kappa shape index (κ3) is 4.66. The normalized spacial score (nSPS) is 19.9. The lowest BCUT2D eigenvalue weighted by atomic mass is 9.97. The molecule has 0 atom stereocenters. The summed E-state index contributed by atoms with van der Waals surface area (Å²) < 4.78 is 45.2. The summed E-state index contributed by atoms with van der Waals surface area (Å²) in [5.41, 5.74) is 2.50. The maximum atomic E-state index is 14.4. The zero-order valence-corrected chi connectivity index (χ0v) is 15.8. The van der Waals surface area contributed by atoms with Crippen LogP contribution in [0.3, 0.4) is 0 Å². The van der Waals surface area contributed by atoms with Crippen LogP contribution in [0.25, 0.3) is 0 Å². The van der Waals surface area contributed by atoms with E-state index >= 15 is 0 Å². The molecule has 0 aliphatic carbocycles. The maximum absolute atomic E-state index is 14.4. The number of hydrogen-bond acceptors (Lipinski definition) is 3. The molecule has 0 aromatic heterocycles. The molecule has 0 bridgehead atoms. The highest BCUT2D eigenvalue weighted by molar-refractivity contribution is 5.32. The Balaban J connectivity index is 1.64. The Kier molecular flexibility index (Phi) is 6.80. The maximum Gasteiger partial charge on any atom is 0.201 e. The average Bonchev–Trinajstić information content (AvgIpc) is 2.70. The average molecular weight is 376 g/mol. The quantitative estimate of drug-likeness (QED) is 0.635. The summed E-state index contributed by atoms with van der Waals surface area (Å²) in [4.78, 5) is 0. The van der Waals surface area contributed by atoms with Crippen molar-refractivity contribution < 1.29 is 23.0 Å². The topological polar surface area (TPSA) is 27.7 Å². The van der Waals surface area contributed by atoms with Gasteiger partial charge in [0.05, 0.1) is 19.8 Å². The zero-order chi connectivity index (χ0) is 19.2. The lowest BCUT2D eigenvalue weighted by molar-refractivity contribution is -0.193. The summed E-state index contributed by atoms with van der Waals surface area (Å²) in [5.74, 6) is -1.98. The van der Waals surface area contributed by atoms with Crippen molar-refractivity contribution in [1.29, 1.82) is 0 Å². The largest absolute Gasteiger partial charge is 0.490 e. The second-order valence-electron chi connectivity index (χ2n) is 6.82. The molecule has 0 unspecified atom stereocenters. The molecule has 1 fully saturated rings. The van der Waals surface area contributed by atoms with Gasteiger partial charge in [-0.2, -0.15) is 4.39 Å². The fraction of sp³-hybridized carbons (Fsp3) is 0.455. The van der Waals surface area contributed by atoms with E-state index < -0.39 is 17.9 Å². The first-order valence-corrected chi connectivity index (χ1v) is 9.56. The Morgan fingerprint density at radius 2 is 1.63 bits per heavy atom. The second kappa shape index (κ2) is 9.29. The summed E-state index contributed by atoms with van der Waals surface area (Å²) in [6, 6.07) is 11.3. The molecule has 0 saturated carbocycles. The monoisotopic (exact) mass is 376 g/mol. The molecular formula is C22H26F2O3. The molecule has 3 rings (SSSR count). The van der Waals surface area contributed by atoms with Crippen molar-refractivity contribution in [3.05, 3.63) is 64.7 Å². The first-order valence-electron chi connectivity index (χ1n) is 9.56. The van der Waals surface area contributed by atoms with Gasteiger partial charge in [0.1, 0.15) is 0 Å². The molecular weight excluding hydrogens is 350 g/mol. The highest BCUT2D eigenvalue weighted by atomic mass is 19.2. The second-order valence-corrected chi connectivity index (χ2v) is 6.82. The molecule has 1 aliphatic rings. The summed E-state index contributed by atoms with van der Waals surface area (Å²) >= 11 is 0. The van der Waals surface area contributed by atoms with Gasteiger partial charge in [-0.15, -0.1) is 0 Å². The van der Waals surface area contributed by atoms with Gasteiger partial charge in [0.25, 0.3) is 0 Å². The van der Waals surface area contributed by atoms with Gasteiger partial charge >= 0.3 is 0 Å². The first-order chi connectivity index (χ1) is 13.1. The van der Waals surface area contributed by atoms with Crippen LogP contribution in [-0.4, -0.2) is 19.8 Å². The van der Waals surface area contributed by atoms with Crippen LogP contribution in [0.4, 0.5) is 8.78 Å². The Hall–Kier alpha value is -1.98. The number of aryl methyl sites for hydroxylation is 1. The van der Waals surface area contributed by atoms with Crippen molar-refractivity contribution in [2.24, 2.45) is 0 Å². The van der Waals surface area contributed by atoms with Crippen molar-refractivity contribution in [1.82, 2.24) is 0 Å². The Bertz CT molecular complexity index is 738. The molecule has 27 heavy (non-hydrogen) atoms. The lowest BCUT2D eigenvalue weighted by Gasteiger charge is -2.30. The van der Waals surface area contributed by atoms with Crippen LogP contribution in [0.15, 0.2) is 36.4 Å². The van der Waals surface area contributed by atoms with E-state index in [2.05, 4.69) is 31.2 Å². The summed E-state index contributed by atoms with van der Waals surface area (Å²) in [7, 11) is 0. The zero-order valence-electron chi connectivity index (χ0n) is 15.8. The molecule has 146 valence electrons. The Labute approximate surface area is 159 Å². The van der Waals surface area contributed by atoms with E-state index in [-0.39, 0.29) is 17.2 Å². The van der Waals surface area contributed by atoms with Crippen LogP contribution < -0.4 is 4.74 Å². The van der Waals surface area contributed by atoms with Gasteiger partial charge in [0.15, 0.2) is 17.9 Å². The van der Waals surface area contributed by atoms with Gasteiger partial charge in [-0.3, -0.25) is 0 Å². The third-order valence-electron chi connectivity index (χ3n) is 4.68. The van der Waals surface area contributed by atoms with Crippen LogP contribution >= 0.6 is 0 Å². The van der Waals surface area contributed by atoms with E-state index in [9.17, 15) is 8.78 Å². The molecule has 1 saturated heterocycles. The molecule has 5 heteroatoms. The number of benzene rings is 2. The van der Waals surface area contributed by atoms with Crippen LogP contribution in [-0.2, 0) is 15.9 Å². The van der Waals surface area contributed by atoms with E-state index in [1.807, 2.05) is 6.92 Å². The molecule has 2 aromatic carbocycles. The molecule has 0 amide bonds. The van der Waals surface area contributed by atoms with Crippen molar-refractivity contribution >= 4 is 0 Å². The highest BCUT2D eigenvalue weighted by Gasteiger charge is 2.28. The lowest BCUT2D eigenvalue weighted by Crippen LogP contribution is -2.26. The van der Waals surface area contributed by atoms with Crippen molar-refractivity contribution in [3.63, 3.8) is 0 Å². The van der Waals surface area contributed by atoms with Gasteiger partial charge in [0, 0.05) is 11.5 Å². The van der Waals surface area contributed by atoms with E-state index in [4.69, 9.17) is 14.2 Å². The van der Waals surface area contributed by atoms with Crippen molar-refractivity contribution in [3.8, 4) is 5.75 Å².